The van der Waals surface area contributed by atoms with Crippen LogP contribution in [0, 0.1) is 0 Å². The summed E-state index contributed by atoms with van der Waals surface area (Å²) in [6, 6.07) is 6.93. The van der Waals surface area contributed by atoms with Crippen LogP contribution in [0.1, 0.15) is 34.3 Å². The zero-order valence-electron chi connectivity index (χ0n) is 17.3. The summed E-state index contributed by atoms with van der Waals surface area (Å²) in [5.41, 5.74) is -3.90. The van der Waals surface area contributed by atoms with Gasteiger partial charge in [0.25, 0.3) is 5.91 Å². The number of aliphatic carboxylic acids is 1. The van der Waals surface area contributed by atoms with Crippen molar-refractivity contribution in [3.05, 3.63) is 75.7 Å². The van der Waals surface area contributed by atoms with Gasteiger partial charge in [-0.1, -0.05) is 36.2 Å². The van der Waals surface area contributed by atoms with Gasteiger partial charge >= 0.3 is 12.1 Å². The Bertz CT molecular complexity index is 1230. The molecule has 2 aromatic heterocycles. The molecule has 0 radical (unpaired) electrons. The van der Waals surface area contributed by atoms with E-state index in [9.17, 15) is 27.9 Å². The zero-order valence-corrected chi connectivity index (χ0v) is 18.9. The molecule has 13 heteroatoms. The lowest BCUT2D eigenvalue weighted by molar-refractivity contribution is -0.274. The Balaban J connectivity index is 1.89. The van der Waals surface area contributed by atoms with Crippen LogP contribution in [0.15, 0.2) is 48.8 Å². The normalized spacial score (nSPS) is 14.3. The Labute approximate surface area is 200 Å². The highest BCUT2D eigenvalue weighted by Crippen LogP contribution is 2.49. The van der Waals surface area contributed by atoms with Gasteiger partial charge in [0.05, 0.1) is 0 Å². The monoisotopic (exact) mass is 516 g/mol. The van der Waals surface area contributed by atoms with Crippen LogP contribution < -0.4 is 5.32 Å². The minimum atomic E-state index is -5.09. The molecule has 1 amide bonds. The van der Waals surface area contributed by atoms with Crippen molar-refractivity contribution in [1.82, 2.24) is 14.8 Å². The first-order valence-corrected chi connectivity index (χ1v) is 10.4. The molecule has 3 N–H and O–H groups in total. The van der Waals surface area contributed by atoms with Gasteiger partial charge in [0, 0.05) is 35.0 Å². The standard InChI is InChI=1S/C21H17Cl2F3N4O4/c1-11(20(34,21(24,25)26)13-4-6-27-16(23)9-13)14-3-2-12(8-15(14)22)19(33)28-17-5-7-30(29-17)10-18(31)32/h2-9,11,34H,10H2,1H3,(H,31,32)(H,28,29,33). The molecule has 8 nitrogen and oxygen atoms in total. The highest BCUT2D eigenvalue weighted by Gasteiger charge is 2.59. The van der Waals surface area contributed by atoms with E-state index in [1.165, 1.54) is 24.4 Å². The van der Waals surface area contributed by atoms with Crippen LogP contribution in [0.5, 0.6) is 0 Å². The number of alkyl halides is 3. The molecule has 0 aliphatic rings. The van der Waals surface area contributed by atoms with Crippen molar-refractivity contribution >= 4 is 40.9 Å². The minimum absolute atomic E-state index is 0.0104. The van der Waals surface area contributed by atoms with Gasteiger partial charge < -0.3 is 15.5 Å². The molecule has 1 aromatic carbocycles. The molecule has 2 unspecified atom stereocenters. The van der Waals surface area contributed by atoms with Crippen LogP contribution in [0.2, 0.25) is 10.2 Å². The lowest BCUT2D eigenvalue weighted by Crippen LogP contribution is -2.46. The van der Waals surface area contributed by atoms with Crippen LogP contribution >= 0.6 is 23.2 Å². The Morgan fingerprint density at radius 1 is 1.18 bits per heavy atom. The summed E-state index contributed by atoms with van der Waals surface area (Å²) in [6.07, 6.45) is -2.69. The number of pyridine rings is 1. The number of carboxylic acid groups (broad SMARTS) is 1. The molecule has 2 atom stereocenters. The number of hydrogen-bond donors (Lipinski definition) is 3. The summed E-state index contributed by atoms with van der Waals surface area (Å²) in [5, 5.41) is 25.5. The third kappa shape index (κ3) is 5.16. The Kier molecular flexibility index (Phi) is 7.20. The molecule has 3 aromatic rings. The maximum Gasteiger partial charge on any atom is 0.422 e. The SMILES string of the molecule is CC(c1ccc(C(=O)Nc2ccn(CC(=O)O)n2)cc1Cl)C(O)(c1ccnc(Cl)c1)C(F)(F)F. The third-order valence-corrected chi connectivity index (χ3v) is 5.67. The van der Waals surface area contributed by atoms with Crippen molar-refractivity contribution < 1.29 is 33.0 Å². The number of halogens is 5. The molecule has 2 heterocycles. The van der Waals surface area contributed by atoms with Gasteiger partial charge in [0.2, 0.25) is 0 Å². The van der Waals surface area contributed by atoms with Crippen LogP contribution in [-0.4, -0.2) is 43.0 Å². The first kappa shape index (κ1) is 25.5. The number of rotatable bonds is 7. The van der Waals surface area contributed by atoms with Crippen LogP contribution in [0.3, 0.4) is 0 Å². The summed E-state index contributed by atoms with van der Waals surface area (Å²) >= 11 is 12.0. The summed E-state index contributed by atoms with van der Waals surface area (Å²) in [7, 11) is 0. The number of aliphatic hydroxyl groups is 1. The molecule has 0 aliphatic heterocycles. The van der Waals surface area contributed by atoms with E-state index in [2.05, 4.69) is 15.4 Å². The molecule has 0 saturated carbocycles. The molecule has 34 heavy (non-hydrogen) atoms. The lowest BCUT2D eigenvalue weighted by atomic mass is 9.78. The average Bonchev–Trinajstić information content (AvgIpc) is 3.17. The second-order valence-corrected chi connectivity index (χ2v) is 8.13. The number of benzene rings is 1. The van der Waals surface area contributed by atoms with Gasteiger partial charge in [0.1, 0.15) is 11.7 Å². The number of aromatic nitrogens is 3. The molecule has 0 aliphatic carbocycles. The van der Waals surface area contributed by atoms with Gasteiger partial charge in [-0.15, -0.1) is 0 Å². The largest absolute Gasteiger partial charge is 0.480 e. The average molecular weight is 517 g/mol. The van der Waals surface area contributed by atoms with E-state index in [1.807, 2.05) is 0 Å². The van der Waals surface area contributed by atoms with E-state index >= 15 is 0 Å². The van der Waals surface area contributed by atoms with Crippen molar-refractivity contribution in [2.75, 3.05) is 5.32 Å². The molecular formula is C21H17Cl2F3N4O4. The predicted molar refractivity (Wildman–Crippen MR) is 117 cm³/mol. The number of amides is 1. The maximum absolute atomic E-state index is 14.1. The highest BCUT2D eigenvalue weighted by atomic mass is 35.5. The fourth-order valence-corrected chi connectivity index (χ4v) is 3.90. The summed E-state index contributed by atoms with van der Waals surface area (Å²) < 4.78 is 43.3. The van der Waals surface area contributed by atoms with E-state index in [4.69, 9.17) is 28.3 Å². The lowest BCUT2D eigenvalue weighted by Gasteiger charge is -2.37. The second kappa shape index (κ2) is 9.61. The van der Waals surface area contributed by atoms with E-state index in [0.717, 1.165) is 36.0 Å². The number of anilines is 1. The molecular weight excluding hydrogens is 500 g/mol. The number of carboxylic acids is 1. The number of hydrogen-bond acceptors (Lipinski definition) is 5. The van der Waals surface area contributed by atoms with Gasteiger partial charge in [-0.05, 0) is 35.4 Å². The highest BCUT2D eigenvalue weighted by molar-refractivity contribution is 6.32. The number of carbonyl (C=O) groups is 2. The molecule has 0 spiro atoms. The van der Waals surface area contributed by atoms with E-state index in [-0.39, 0.29) is 27.1 Å². The number of nitrogens with zero attached hydrogens (tertiary/aromatic N) is 3. The Hall–Kier alpha value is -3.15. The molecule has 0 saturated heterocycles. The van der Waals surface area contributed by atoms with Gasteiger partial charge in [-0.25, -0.2) is 4.98 Å². The van der Waals surface area contributed by atoms with E-state index < -0.39 is 41.7 Å². The van der Waals surface area contributed by atoms with Crippen LogP contribution in [0.25, 0.3) is 0 Å². The first-order chi connectivity index (χ1) is 15.8. The fraction of sp³-hybridized carbons (Fsp3) is 0.238. The fourth-order valence-electron chi connectivity index (χ4n) is 3.39. The topological polar surface area (TPSA) is 117 Å². The van der Waals surface area contributed by atoms with Gasteiger partial charge in [-0.3, -0.25) is 14.3 Å². The quantitative estimate of drug-likeness (QED) is 0.398. The van der Waals surface area contributed by atoms with Crippen molar-refractivity contribution in [2.45, 2.75) is 31.2 Å². The molecule has 0 fully saturated rings. The molecule has 180 valence electrons. The Morgan fingerprint density at radius 2 is 1.88 bits per heavy atom. The van der Waals surface area contributed by atoms with Crippen molar-refractivity contribution in [3.63, 3.8) is 0 Å². The smallest absolute Gasteiger partial charge is 0.422 e. The van der Waals surface area contributed by atoms with Crippen LogP contribution in [0.4, 0.5) is 19.0 Å². The van der Waals surface area contributed by atoms with Gasteiger partial charge in [0.15, 0.2) is 11.4 Å². The Morgan fingerprint density at radius 3 is 2.47 bits per heavy atom. The first-order valence-electron chi connectivity index (χ1n) is 9.60. The molecule has 0 bridgehead atoms. The van der Waals surface area contributed by atoms with E-state index in [1.54, 1.807) is 0 Å². The zero-order chi connectivity index (χ0) is 25.3. The minimum Gasteiger partial charge on any atom is -0.480 e. The second-order valence-electron chi connectivity index (χ2n) is 7.34. The number of carbonyl (C=O) groups excluding carboxylic acids is 1. The number of nitrogens with one attached hydrogen (secondary N) is 1. The summed E-state index contributed by atoms with van der Waals surface area (Å²) in [5.74, 6) is -3.30. The third-order valence-electron chi connectivity index (χ3n) is 5.13. The van der Waals surface area contributed by atoms with Crippen molar-refractivity contribution in [2.24, 2.45) is 0 Å². The summed E-state index contributed by atoms with van der Waals surface area (Å²) in [6.45, 7) is 0.747. The van der Waals surface area contributed by atoms with Crippen molar-refractivity contribution in [3.8, 4) is 0 Å². The summed E-state index contributed by atoms with van der Waals surface area (Å²) in [4.78, 5) is 26.9. The molecule has 3 rings (SSSR count). The van der Waals surface area contributed by atoms with Gasteiger partial charge in [-0.2, -0.15) is 18.3 Å². The van der Waals surface area contributed by atoms with E-state index in [0.29, 0.717) is 0 Å². The predicted octanol–water partition coefficient (Wildman–Crippen LogP) is 4.48. The maximum atomic E-state index is 14.1. The van der Waals surface area contributed by atoms with Crippen molar-refractivity contribution in [1.29, 1.82) is 0 Å². The van der Waals surface area contributed by atoms with Crippen LogP contribution in [-0.2, 0) is 16.9 Å².